The van der Waals surface area contributed by atoms with Crippen molar-refractivity contribution in [3.05, 3.63) is 24.3 Å². The van der Waals surface area contributed by atoms with Gasteiger partial charge in [-0.2, -0.15) is 0 Å². The van der Waals surface area contributed by atoms with Crippen LogP contribution in [-0.2, 0) is 4.79 Å². The quantitative estimate of drug-likeness (QED) is 0.827. The van der Waals surface area contributed by atoms with Gasteiger partial charge in [0.2, 0.25) is 5.91 Å². The Hall–Kier alpha value is -1.62. The van der Waals surface area contributed by atoms with Crippen LogP contribution in [0.15, 0.2) is 24.3 Å². The molecule has 0 aromatic heterocycles. The highest BCUT2D eigenvalue weighted by Crippen LogP contribution is 2.28. The second kappa shape index (κ2) is 6.87. The first-order chi connectivity index (χ1) is 11.1. The van der Waals surface area contributed by atoms with Crippen molar-refractivity contribution in [3.8, 4) is 0 Å². The summed E-state index contributed by atoms with van der Waals surface area (Å²) in [6.07, 6.45) is 7.82. The monoisotopic (exact) mass is 331 g/mol. The van der Waals surface area contributed by atoms with Crippen LogP contribution in [-0.4, -0.2) is 23.1 Å². The molecular weight excluding hydrogens is 306 g/mol. The highest BCUT2D eigenvalue weighted by molar-refractivity contribution is 7.80. The zero-order valence-electron chi connectivity index (χ0n) is 13.7. The lowest BCUT2D eigenvalue weighted by atomic mass is 9.83. The van der Waals surface area contributed by atoms with Gasteiger partial charge in [-0.3, -0.25) is 4.79 Å². The van der Waals surface area contributed by atoms with E-state index in [0.29, 0.717) is 11.5 Å². The second-order valence-corrected chi connectivity index (χ2v) is 7.30. The summed E-state index contributed by atoms with van der Waals surface area (Å²) >= 11 is 5.46. The van der Waals surface area contributed by atoms with Gasteiger partial charge in [-0.25, -0.2) is 0 Å². The van der Waals surface area contributed by atoms with Gasteiger partial charge in [-0.15, -0.1) is 0 Å². The van der Waals surface area contributed by atoms with E-state index in [1.165, 1.54) is 32.1 Å². The lowest BCUT2D eigenvalue weighted by molar-refractivity contribution is -0.117. The van der Waals surface area contributed by atoms with Crippen molar-refractivity contribution in [2.24, 2.45) is 0 Å². The highest BCUT2D eigenvalue weighted by Gasteiger charge is 2.27. The highest BCUT2D eigenvalue weighted by atomic mass is 32.1. The predicted molar refractivity (Wildman–Crippen MR) is 98.9 cm³/mol. The van der Waals surface area contributed by atoms with Crippen molar-refractivity contribution in [3.63, 3.8) is 0 Å². The van der Waals surface area contributed by atoms with E-state index in [2.05, 4.69) is 17.6 Å². The number of carbonyl (C=O) groups is 1. The molecule has 2 aliphatic rings. The van der Waals surface area contributed by atoms with E-state index >= 15 is 0 Å². The molecule has 3 rings (SSSR count). The third-order valence-electron chi connectivity index (χ3n) is 4.88. The van der Waals surface area contributed by atoms with Gasteiger partial charge in [0.05, 0.1) is 0 Å². The normalized spacial score (nSPS) is 20.4. The van der Waals surface area contributed by atoms with E-state index < -0.39 is 0 Å². The van der Waals surface area contributed by atoms with Gasteiger partial charge in [-0.1, -0.05) is 19.3 Å². The number of nitrogens with one attached hydrogen (secondary N) is 2. The van der Waals surface area contributed by atoms with Crippen molar-refractivity contribution < 1.29 is 4.79 Å². The maximum atomic E-state index is 11.8. The van der Waals surface area contributed by atoms with Crippen LogP contribution in [0.2, 0.25) is 0 Å². The summed E-state index contributed by atoms with van der Waals surface area (Å²) in [5, 5.41) is 7.42. The van der Waals surface area contributed by atoms with Gasteiger partial charge >= 0.3 is 0 Å². The SMILES string of the molecule is CC1(NC(=S)Nc2ccc(N3CCCC3=O)cc2)CCCCC1. The zero-order chi connectivity index (χ0) is 16.3. The molecule has 1 amide bonds. The molecule has 1 saturated carbocycles. The number of anilines is 2. The molecule has 2 N–H and O–H groups in total. The summed E-state index contributed by atoms with van der Waals surface area (Å²) < 4.78 is 0. The smallest absolute Gasteiger partial charge is 0.227 e. The van der Waals surface area contributed by atoms with Crippen molar-refractivity contribution in [1.82, 2.24) is 5.32 Å². The molecule has 1 aromatic carbocycles. The Morgan fingerprint density at radius 2 is 1.83 bits per heavy atom. The summed E-state index contributed by atoms with van der Waals surface area (Å²) in [5.41, 5.74) is 2.04. The van der Waals surface area contributed by atoms with Crippen LogP contribution in [0, 0.1) is 0 Å². The first kappa shape index (κ1) is 16.2. The Morgan fingerprint density at radius 1 is 1.13 bits per heavy atom. The first-order valence-electron chi connectivity index (χ1n) is 8.55. The third kappa shape index (κ3) is 4.02. The molecule has 1 saturated heterocycles. The van der Waals surface area contributed by atoms with Gasteiger partial charge in [0.25, 0.3) is 0 Å². The van der Waals surface area contributed by atoms with E-state index in [4.69, 9.17) is 12.2 Å². The number of nitrogens with zero attached hydrogens (tertiary/aromatic N) is 1. The van der Waals surface area contributed by atoms with Crippen molar-refractivity contribution in [2.75, 3.05) is 16.8 Å². The zero-order valence-corrected chi connectivity index (χ0v) is 14.5. The van der Waals surface area contributed by atoms with Gasteiger partial charge in [0.1, 0.15) is 0 Å². The molecule has 0 bridgehead atoms. The number of hydrogen-bond donors (Lipinski definition) is 2. The molecule has 4 nitrogen and oxygen atoms in total. The van der Waals surface area contributed by atoms with Crippen molar-refractivity contribution in [2.45, 2.75) is 57.4 Å². The van der Waals surface area contributed by atoms with Crippen LogP contribution < -0.4 is 15.5 Å². The molecule has 1 aromatic rings. The van der Waals surface area contributed by atoms with Crippen LogP contribution in [0.5, 0.6) is 0 Å². The van der Waals surface area contributed by atoms with E-state index in [1.807, 2.05) is 29.2 Å². The molecule has 0 spiro atoms. The number of amides is 1. The molecule has 0 atom stereocenters. The summed E-state index contributed by atoms with van der Waals surface area (Å²) in [4.78, 5) is 13.6. The van der Waals surface area contributed by atoms with Gasteiger partial charge in [-0.05, 0) is 62.7 Å². The molecule has 1 aliphatic carbocycles. The predicted octanol–water partition coefficient (Wildman–Crippen LogP) is 3.82. The summed E-state index contributed by atoms with van der Waals surface area (Å²) in [7, 11) is 0. The first-order valence-corrected chi connectivity index (χ1v) is 8.96. The molecule has 2 fully saturated rings. The maximum Gasteiger partial charge on any atom is 0.227 e. The molecular formula is C18H25N3OS. The largest absolute Gasteiger partial charge is 0.357 e. The minimum absolute atomic E-state index is 0.115. The van der Waals surface area contributed by atoms with E-state index in [9.17, 15) is 4.79 Å². The molecule has 0 radical (unpaired) electrons. The molecule has 124 valence electrons. The van der Waals surface area contributed by atoms with Gasteiger partial charge in [0, 0.05) is 29.9 Å². The summed E-state index contributed by atoms with van der Waals surface area (Å²) in [5.74, 6) is 0.216. The maximum absolute atomic E-state index is 11.8. The lowest BCUT2D eigenvalue weighted by Crippen LogP contribution is -2.48. The number of carbonyl (C=O) groups excluding carboxylic acids is 1. The van der Waals surface area contributed by atoms with Gasteiger partial charge < -0.3 is 15.5 Å². The molecule has 0 unspecified atom stereocenters. The molecule has 5 heteroatoms. The fraction of sp³-hybridized carbons (Fsp3) is 0.556. The summed E-state index contributed by atoms with van der Waals surface area (Å²) in [6.45, 7) is 3.08. The topological polar surface area (TPSA) is 44.4 Å². The number of benzene rings is 1. The molecule has 1 heterocycles. The van der Waals surface area contributed by atoms with Crippen molar-refractivity contribution in [1.29, 1.82) is 0 Å². The summed E-state index contributed by atoms with van der Waals surface area (Å²) in [6, 6.07) is 7.93. The number of hydrogen-bond acceptors (Lipinski definition) is 2. The Labute approximate surface area is 143 Å². The Bertz CT molecular complexity index is 578. The van der Waals surface area contributed by atoms with E-state index in [1.54, 1.807) is 0 Å². The van der Waals surface area contributed by atoms with Crippen LogP contribution in [0.25, 0.3) is 0 Å². The minimum Gasteiger partial charge on any atom is -0.357 e. The fourth-order valence-corrected chi connectivity index (χ4v) is 3.90. The number of thiocarbonyl (C=S) groups is 1. The Morgan fingerprint density at radius 3 is 2.43 bits per heavy atom. The standard InChI is InChI=1S/C18H25N3OS/c1-18(11-3-2-4-12-18)20-17(23)19-14-7-9-15(10-8-14)21-13-5-6-16(21)22/h7-10H,2-6,11-13H2,1H3,(H2,19,20,23). The Balaban J connectivity index is 1.57. The van der Waals surface area contributed by atoms with Crippen LogP contribution >= 0.6 is 12.2 Å². The van der Waals surface area contributed by atoms with E-state index in [-0.39, 0.29) is 11.4 Å². The molecule has 1 aliphatic heterocycles. The van der Waals surface area contributed by atoms with Crippen molar-refractivity contribution >= 4 is 34.6 Å². The fourth-order valence-electron chi connectivity index (χ4n) is 3.54. The number of rotatable bonds is 3. The lowest BCUT2D eigenvalue weighted by Gasteiger charge is -2.35. The minimum atomic E-state index is 0.115. The van der Waals surface area contributed by atoms with Gasteiger partial charge in [0.15, 0.2) is 5.11 Å². The van der Waals surface area contributed by atoms with Crippen LogP contribution in [0.4, 0.5) is 11.4 Å². The average molecular weight is 331 g/mol. The third-order valence-corrected chi connectivity index (χ3v) is 5.09. The molecule has 23 heavy (non-hydrogen) atoms. The Kier molecular flexibility index (Phi) is 4.85. The second-order valence-electron chi connectivity index (χ2n) is 6.90. The van der Waals surface area contributed by atoms with E-state index in [0.717, 1.165) is 24.3 Å². The van der Waals surface area contributed by atoms with Crippen LogP contribution in [0.1, 0.15) is 51.9 Å². The average Bonchev–Trinajstić information content (AvgIpc) is 2.94. The van der Waals surface area contributed by atoms with Crippen LogP contribution in [0.3, 0.4) is 0 Å².